The molecule has 0 unspecified atom stereocenters. The van der Waals surface area contributed by atoms with Crippen molar-refractivity contribution in [2.24, 2.45) is 0 Å². The number of aromatic nitrogens is 2. The Kier molecular flexibility index (Phi) is 8.62. The quantitative estimate of drug-likeness (QED) is 0.261. The highest BCUT2D eigenvalue weighted by molar-refractivity contribution is 6.11. The predicted molar refractivity (Wildman–Crippen MR) is 162 cm³/mol. The molecule has 2 aliphatic rings. The minimum Gasteiger partial charge on any atom is -0.475 e. The van der Waals surface area contributed by atoms with Gasteiger partial charge in [0.05, 0.1) is 23.2 Å². The van der Waals surface area contributed by atoms with Gasteiger partial charge >= 0.3 is 12.1 Å². The number of nitrogens with one attached hydrogen (secondary N) is 1. The monoisotopic (exact) mass is 606 g/mol. The lowest BCUT2D eigenvalue weighted by Gasteiger charge is -2.17. The van der Waals surface area contributed by atoms with Crippen LogP contribution in [0.5, 0.6) is 0 Å². The first-order chi connectivity index (χ1) is 21.0. The number of anilines is 1. The van der Waals surface area contributed by atoms with Gasteiger partial charge in [0.1, 0.15) is 0 Å². The molecule has 1 aliphatic carbocycles. The SMILES string of the molecule is COCCN1C(=O)[C@@]2(C[C@H]2c2ccc3c(/C=C/c4ccc(CN(C)C)cc4)n[nH]c3c2)c2ccccc21.O=C(O)C(F)(F)F. The molecule has 8 nitrogen and oxygen atoms in total. The van der Waals surface area contributed by atoms with E-state index in [1.165, 1.54) is 11.1 Å². The first kappa shape index (κ1) is 31.0. The molecule has 11 heteroatoms. The zero-order valence-electron chi connectivity index (χ0n) is 24.6. The number of aromatic amines is 1. The van der Waals surface area contributed by atoms with E-state index in [4.69, 9.17) is 14.6 Å². The normalized spacial score (nSPS) is 19.1. The summed E-state index contributed by atoms with van der Waals surface area (Å²) < 4.78 is 37.0. The van der Waals surface area contributed by atoms with Crippen LogP contribution in [0.3, 0.4) is 0 Å². The molecule has 44 heavy (non-hydrogen) atoms. The Morgan fingerprint density at radius 3 is 2.50 bits per heavy atom. The molecule has 2 heterocycles. The number of nitrogens with zero attached hydrogens (tertiary/aromatic N) is 3. The largest absolute Gasteiger partial charge is 0.490 e. The number of carbonyl (C=O) groups is 2. The van der Waals surface area contributed by atoms with Crippen molar-refractivity contribution in [2.75, 3.05) is 39.3 Å². The number of alkyl halides is 3. The third-order valence-corrected chi connectivity index (χ3v) is 7.96. The Morgan fingerprint density at radius 2 is 1.84 bits per heavy atom. The number of carboxylic acid groups (broad SMARTS) is 1. The van der Waals surface area contributed by atoms with Crippen molar-refractivity contribution in [3.8, 4) is 0 Å². The number of carboxylic acids is 1. The molecule has 230 valence electrons. The van der Waals surface area contributed by atoms with E-state index in [0.717, 1.165) is 46.4 Å². The molecular formula is C33H33F3N4O4. The minimum absolute atomic E-state index is 0.168. The first-order valence-electron chi connectivity index (χ1n) is 14.1. The molecule has 6 rings (SSSR count). The van der Waals surface area contributed by atoms with E-state index in [1.807, 2.05) is 17.0 Å². The van der Waals surface area contributed by atoms with Crippen molar-refractivity contribution in [3.05, 3.63) is 94.7 Å². The van der Waals surface area contributed by atoms with Crippen molar-refractivity contribution in [1.82, 2.24) is 15.1 Å². The number of halogens is 3. The summed E-state index contributed by atoms with van der Waals surface area (Å²) in [6.45, 7) is 2.03. The van der Waals surface area contributed by atoms with E-state index < -0.39 is 17.6 Å². The molecule has 3 aromatic carbocycles. The van der Waals surface area contributed by atoms with Gasteiger partial charge in [0.2, 0.25) is 5.91 Å². The summed E-state index contributed by atoms with van der Waals surface area (Å²) in [5.74, 6) is -2.39. The van der Waals surface area contributed by atoms with Crippen LogP contribution in [0.1, 0.15) is 40.3 Å². The van der Waals surface area contributed by atoms with Crippen molar-refractivity contribution in [1.29, 1.82) is 0 Å². The van der Waals surface area contributed by atoms with Crippen LogP contribution in [-0.2, 0) is 26.3 Å². The van der Waals surface area contributed by atoms with Crippen LogP contribution in [0.15, 0.2) is 66.7 Å². The van der Waals surface area contributed by atoms with Crippen LogP contribution in [0.2, 0.25) is 0 Å². The molecule has 0 bridgehead atoms. The van der Waals surface area contributed by atoms with Gasteiger partial charge in [-0.15, -0.1) is 0 Å². The number of benzene rings is 3. The van der Waals surface area contributed by atoms with Crippen LogP contribution in [0.4, 0.5) is 18.9 Å². The highest BCUT2D eigenvalue weighted by Crippen LogP contribution is 2.66. The predicted octanol–water partition coefficient (Wildman–Crippen LogP) is 5.85. The highest BCUT2D eigenvalue weighted by atomic mass is 19.4. The van der Waals surface area contributed by atoms with Crippen LogP contribution >= 0.6 is 0 Å². The van der Waals surface area contributed by atoms with E-state index >= 15 is 0 Å². The Labute approximate surface area is 252 Å². The van der Waals surface area contributed by atoms with Crippen LogP contribution < -0.4 is 4.90 Å². The molecule has 0 saturated heterocycles. The van der Waals surface area contributed by atoms with E-state index in [0.29, 0.717) is 13.2 Å². The maximum atomic E-state index is 13.6. The fourth-order valence-corrected chi connectivity index (χ4v) is 5.83. The number of rotatable bonds is 8. The van der Waals surface area contributed by atoms with Crippen LogP contribution in [0.25, 0.3) is 23.1 Å². The van der Waals surface area contributed by atoms with Gasteiger partial charge in [0.25, 0.3) is 0 Å². The number of ether oxygens (including phenoxy) is 1. The number of hydrogen-bond donors (Lipinski definition) is 2. The van der Waals surface area contributed by atoms with Gasteiger partial charge in [-0.1, -0.05) is 60.7 Å². The maximum absolute atomic E-state index is 13.6. The summed E-state index contributed by atoms with van der Waals surface area (Å²) in [5.41, 5.74) is 7.24. The third kappa shape index (κ3) is 6.11. The molecule has 1 aromatic heterocycles. The second kappa shape index (κ2) is 12.3. The molecule has 1 amide bonds. The van der Waals surface area contributed by atoms with Crippen molar-refractivity contribution in [3.63, 3.8) is 0 Å². The Bertz CT molecular complexity index is 1700. The number of H-pyrrole nitrogens is 1. The smallest absolute Gasteiger partial charge is 0.475 e. The maximum Gasteiger partial charge on any atom is 0.490 e. The molecule has 1 spiro atoms. The van der Waals surface area contributed by atoms with E-state index in [2.05, 4.69) is 95.9 Å². The van der Waals surface area contributed by atoms with Crippen molar-refractivity contribution in [2.45, 2.75) is 30.5 Å². The Balaban J connectivity index is 0.000000493. The van der Waals surface area contributed by atoms with Gasteiger partial charge in [0, 0.05) is 37.2 Å². The zero-order chi connectivity index (χ0) is 31.6. The van der Waals surface area contributed by atoms with E-state index in [1.54, 1.807) is 7.11 Å². The minimum atomic E-state index is -5.08. The third-order valence-electron chi connectivity index (χ3n) is 7.96. The Morgan fingerprint density at radius 1 is 1.14 bits per heavy atom. The summed E-state index contributed by atoms with van der Waals surface area (Å²) in [4.78, 5) is 26.6. The summed E-state index contributed by atoms with van der Waals surface area (Å²) in [5, 5.41) is 16.0. The van der Waals surface area contributed by atoms with Gasteiger partial charge < -0.3 is 19.6 Å². The summed E-state index contributed by atoms with van der Waals surface area (Å²) in [6.07, 6.45) is -0.0907. The van der Waals surface area contributed by atoms with Crippen LogP contribution in [-0.4, -0.2) is 72.6 Å². The van der Waals surface area contributed by atoms with E-state index in [9.17, 15) is 18.0 Å². The van der Waals surface area contributed by atoms with Crippen molar-refractivity contribution < 1.29 is 32.6 Å². The number of aliphatic carboxylic acids is 1. The highest BCUT2D eigenvalue weighted by Gasteiger charge is 2.67. The lowest BCUT2D eigenvalue weighted by Crippen LogP contribution is -2.35. The number of hydrogen-bond acceptors (Lipinski definition) is 5. The van der Waals surface area contributed by atoms with Gasteiger partial charge in [-0.3, -0.25) is 9.89 Å². The number of para-hydroxylation sites is 1. The average molecular weight is 607 g/mol. The topological polar surface area (TPSA) is 98.8 Å². The second-order valence-corrected chi connectivity index (χ2v) is 11.2. The fraction of sp³-hybridized carbons (Fsp3) is 0.303. The number of fused-ring (bicyclic) bond motifs is 3. The zero-order valence-corrected chi connectivity index (χ0v) is 24.6. The van der Waals surface area contributed by atoms with Crippen LogP contribution in [0, 0.1) is 0 Å². The first-order valence-corrected chi connectivity index (χ1v) is 14.1. The van der Waals surface area contributed by atoms with Gasteiger partial charge in [-0.2, -0.15) is 18.3 Å². The molecule has 2 N–H and O–H groups in total. The fourth-order valence-electron chi connectivity index (χ4n) is 5.83. The molecule has 0 radical (unpaired) electrons. The molecule has 4 aromatic rings. The lowest BCUT2D eigenvalue weighted by atomic mass is 9.92. The molecular weight excluding hydrogens is 573 g/mol. The second-order valence-electron chi connectivity index (χ2n) is 11.2. The van der Waals surface area contributed by atoms with E-state index in [-0.39, 0.29) is 11.8 Å². The average Bonchev–Trinajstić information content (AvgIpc) is 3.55. The van der Waals surface area contributed by atoms with Gasteiger partial charge in [-0.05, 0) is 61.0 Å². The number of methoxy groups -OCH3 is 1. The summed E-state index contributed by atoms with van der Waals surface area (Å²) >= 11 is 0. The number of amides is 1. The Hall–Kier alpha value is -4.48. The molecule has 1 fully saturated rings. The lowest BCUT2D eigenvalue weighted by molar-refractivity contribution is -0.192. The molecule has 2 atom stereocenters. The van der Waals surface area contributed by atoms with Crippen molar-refractivity contribution >= 4 is 40.6 Å². The number of carbonyl (C=O) groups excluding carboxylic acids is 1. The summed E-state index contributed by atoms with van der Waals surface area (Å²) in [6, 6.07) is 23.3. The van der Waals surface area contributed by atoms with Gasteiger partial charge in [0.15, 0.2) is 0 Å². The molecule has 1 aliphatic heterocycles. The standard InChI is InChI=1S/C31H32N4O2.C2HF3O2/c1-34(2)20-22-10-8-21(9-11-22)12-15-27-24-14-13-23(18-28(24)33-32-27)26-19-31(26)25-6-4-5-7-29(25)35(30(31)36)16-17-37-3;3-2(4,5)1(6)7/h4-15,18,26H,16-17,19-20H2,1-3H3,(H,32,33);(H,6,7)/b15-12+;/t26-,31-;/m0./s1. The summed E-state index contributed by atoms with van der Waals surface area (Å²) in [7, 11) is 5.83. The van der Waals surface area contributed by atoms with Gasteiger partial charge in [-0.25, -0.2) is 4.79 Å². The molecule has 1 saturated carbocycles.